The van der Waals surface area contributed by atoms with Crippen LogP contribution in [0.1, 0.15) is 61.6 Å². The Balaban J connectivity index is 1.40. The van der Waals surface area contributed by atoms with E-state index in [0.29, 0.717) is 19.3 Å². The average Bonchev–Trinajstić information content (AvgIpc) is 3.34. The zero-order valence-electron chi connectivity index (χ0n) is 14.4. The smallest absolute Gasteiger partial charge is 0.319 e. The quantitative estimate of drug-likeness (QED) is 0.894. The minimum atomic E-state index is -0.243. The van der Waals surface area contributed by atoms with Crippen LogP contribution in [0.15, 0.2) is 24.5 Å². The molecular weight excluding hydrogens is 318 g/mol. The van der Waals surface area contributed by atoms with Crippen LogP contribution in [0.3, 0.4) is 0 Å². The first kappa shape index (κ1) is 16.1. The van der Waals surface area contributed by atoms with Gasteiger partial charge in [-0.2, -0.15) is 0 Å². The van der Waals surface area contributed by atoms with Crippen LogP contribution < -0.4 is 10.6 Å². The van der Waals surface area contributed by atoms with Gasteiger partial charge >= 0.3 is 6.03 Å². The van der Waals surface area contributed by atoms with Crippen molar-refractivity contribution in [1.29, 1.82) is 0 Å². The Bertz CT molecular complexity index is 767. The summed E-state index contributed by atoms with van der Waals surface area (Å²) >= 11 is 0. The third-order valence-corrected chi connectivity index (χ3v) is 5.03. The molecule has 1 unspecified atom stereocenters. The van der Waals surface area contributed by atoms with E-state index in [0.717, 1.165) is 29.9 Å². The van der Waals surface area contributed by atoms with Crippen molar-refractivity contribution in [2.75, 3.05) is 5.32 Å². The molecule has 132 valence electrons. The van der Waals surface area contributed by atoms with Gasteiger partial charge in [-0.05, 0) is 43.0 Å². The third kappa shape index (κ3) is 3.37. The van der Waals surface area contributed by atoms with Crippen molar-refractivity contribution >= 4 is 11.7 Å². The predicted octanol–water partition coefficient (Wildman–Crippen LogP) is 3.31. The molecule has 25 heavy (non-hydrogen) atoms. The SMILES string of the molecule is CC(NC(=O)Nc1ccc2c(c1)COC2)c1nncn1C1CCCC1. The number of urea groups is 1. The summed E-state index contributed by atoms with van der Waals surface area (Å²) in [6.07, 6.45) is 6.57. The van der Waals surface area contributed by atoms with Gasteiger partial charge in [0.1, 0.15) is 6.33 Å². The number of amides is 2. The van der Waals surface area contributed by atoms with Crippen LogP contribution in [-0.2, 0) is 18.0 Å². The van der Waals surface area contributed by atoms with Gasteiger partial charge < -0.3 is 19.9 Å². The zero-order valence-corrected chi connectivity index (χ0v) is 14.4. The highest BCUT2D eigenvalue weighted by Gasteiger charge is 2.23. The summed E-state index contributed by atoms with van der Waals surface area (Å²) in [5, 5.41) is 14.1. The molecule has 1 aliphatic heterocycles. The van der Waals surface area contributed by atoms with Crippen molar-refractivity contribution in [3.63, 3.8) is 0 Å². The molecule has 0 radical (unpaired) electrons. The monoisotopic (exact) mass is 341 g/mol. The Morgan fingerprint density at radius 2 is 2.08 bits per heavy atom. The van der Waals surface area contributed by atoms with Crippen molar-refractivity contribution < 1.29 is 9.53 Å². The first-order chi connectivity index (χ1) is 12.2. The maximum atomic E-state index is 12.3. The van der Waals surface area contributed by atoms with E-state index >= 15 is 0 Å². The molecule has 1 aromatic heterocycles. The van der Waals surface area contributed by atoms with Gasteiger partial charge in [0.2, 0.25) is 0 Å². The van der Waals surface area contributed by atoms with E-state index in [-0.39, 0.29) is 12.1 Å². The van der Waals surface area contributed by atoms with E-state index in [9.17, 15) is 4.79 Å². The van der Waals surface area contributed by atoms with Crippen molar-refractivity contribution in [2.24, 2.45) is 0 Å². The van der Waals surface area contributed by atoms with E-state index in [1.165, 1.54) is 18.4 Å². The normalized spacial score (nSPS) is 18.1. The van der Waals surface area contributed by atoms with Gasteiger partial charge in [0.25, 0.3) is 0 Å². The largest absolute Gasteiger partial charge is 0.372 e. The van der Waals surface area contributed by atoms with Crippen LogP contribution in [0.25, 0.3) is 0 Å². The molecule has 2 aliphatic rings. The lowest BCUT2D eigenvalue weighted by Gasteiger charge is -2.19. The highest BCUT2D eigenvalue weighted by atomic mass is 16.5. The molecule has 1 atom stereocenters. The molecule has 4 rings (SSSR count). The summed E-state index contributed by atoms with van der Waals surface area (Å²) in [7, 11) is 0. The number of nitrogens with zero attached hydrogens (tertiary/aromatic N) is 3. The molecule has 0 spiro atoms. The summed E-state index contributed by atoms with van der Waals surface area (Å²) in [5.74, 6) is 0.810. The molecule has 1 saturated carbocycles. The molecule has 1 aromatic carbocycles. The first-order valence-corrected chi connectivity index (χ1v) is 8.87. The van der Waals surface area contributed by atoms with Crippen LogP contribution >= 0.6 is 0 Å². The van der Waals surface area contributed by atoms with Crippen LogP contribution in [0.2, 0.25) is 0 Å². The molecule has 2 aromatic rings. The highest BCUT2D eigenvalue weighted by molar-refractivity contribution is 5.89. The minimum absolute atomic E-state index is 0.208. The first-order valence-electron chi connectivity index (χ1n) is 8.87. The summed E-state index contributed by atoms with van der Waals surface area (Å²) in [6.45, 7) is 3.19. The molecular formula is C18H23N5O2. The summed E-state index contributed by atoms with van der Waals surface area (Å²) in [4.78, 5) is 12.3. The zero-order chi connectivity index (χ0) is 17.2. The number of rotatable bonds is 4. The molecule has 2 amide bonds. The molecule has 1 fully saturated rings. The van der Waals surface area contributed by atoms with Gasteiger partial charge in [-0.25, -0.2) is 4.79 Å². The van der Waals surface area contributed by atoms with Gasteiger partial charge in [0.15, 0.2) is 5.82 Å². The lowest BCUT2D eigenvalue weighted by atomic mass is 10.1. The fourth-order valence-corrected chi connectivity index (χ4v) is 3.70. The van der Waals surface area contributed by atoms with Gasteiger partial charge in [-0.15, -0.1) is 10.2 Å². The van der Waals surface area contributed by atoms with Crippen molar-refractivity contribution in [3.05, 3.63) is 41.5 Å². The van der Waals surface area contributed by atoms with Crippen molar-refractivity contribution in [1.82, 2.24) is 20.1 Å². The molecule has 0 saturated heterocycles. The van der Waals surface area contributed by atoms with Crippen LogP contribution in [0.5, 0.6) is 0 Å². The highest BCUT2D eigenvalue weighted by Crippen LogP contribution is 2.31. The minimum Gasteiger partial charge on any atom is -0.372 e. The average molecular weight is 341 g/mol. The van der Waals surface area contributed by atoms with Gasteiger partial charge in [-0.3, -0.25) is 0 Å². The van der Waals surface area contributed by atoms with Gasteiger partial charge in [0.05, 0.1) is 19.3 Å². The molecule has 0 bridgehead atoms. The maximum Gasteiger partial charge on any atom is 0.319 e. The Morgan fingerprint density at radius 1 is 1.28 bits per heavy atom. The number of carbonyl (C=O) groups is 1. The standard InChI is InChI=1S/C18H23N5O2/c1-12(17-22-19-11-23(17)16-4-2-3-5-16)20-18(24)21-15-7-6-13-9-25-10-14(13)8-15/h6-8,11-12,16H,2-5,9-10H2,1H3,(H2,20,21,24). The summed E-state index contributed by atoms with van der Waals surface area (Å²) in [6, 6.07) is 5.87. The second-order valence-electron chi connectivity index (χ2n) is 6.83. The van der Waals surface area contributed by atoms with E-state index in [2.05, 4.69) is 25.4 Å². The number of fused-ring (bicyclic) bond motifs is 1. The summed E-state index contributed by atoms with van der Waals surface area (Å²) < 4.78 is 7.52. The number of hydrogen-bond acceptors (Lipinski definition) is 4. The van der Waals surface area contributed by atoms with Gasteiger partial charge in [0, 0.05) is 11.7 Å². The second kappa shape index (κ2) is 6.84. The number of ether oxygens (including phenoxy) is 1. The van der Waals surface area contributed by atoms with Crippen LogP contribution in [0, 0.1) is 0 Å². The Hall–Kier alpha value is -2.41. The molecule has 7 heteroatoms. The Morgan fingerprint density at radius 3 is 2.92 bits per heavy atom. The number of anilines is 1. The molecule has 2 heterocycles. The number of benzene rings is 1. The molecule has 2 N–H and O–H groups in total. The fraction of sp³-hybridized carbons (Fsp3) is 0.500. The Kier molecular flexibility index (Phi) is 4.40. The maximum absolute atomic E-state index is 12.3. The number of carbonyl (C=O) groups excluding carboxylic acids is 1. The van der Waals surface area contributed by atoms with E-state index in [1.54, 1.807) is 6.33 Å². The lowest BCUT2D eigenvalue weighted by Crippen LogP contribution is -2.33. The van der Waals surface area contributed by atoms with Gasteiger partial charge in [-0.1, -0.05) is 18.9 Å². The third-order valence-electron chi connectivity index (χ3n) is 5.03. The fourth-order valence-electron chi connectivity index (χ4n) is 3.70. The topological polar surface area (TPSA) is 81.1 Å². The van der Waals surface area contributed by atoms with E-state index in [4.69, 9.17) is 4.74 Å². The predicted molar refractivity (Wildman–Crippen MR) is 93.0 cm³/mol. The number of nitrogens with one attached hydrogen (secondary N) is 2. The van der Waals surface area contributed by atoms with E-state index < -0.39 is 0 Å². The lowest BCUT2D eigenvalue weighted by molar-refractivity contribution is 0.134. The van der Waals surface area contributed by atoms with E-state index in [1.807, 2.05) is 25.1 Å². The number of hydrogen-bond donors (Lipinski definition) is 2. The molecule has 7 nitrogen and oxygen atoms in total. The summed E-state index contributed by atoms with van der Waals surface area (Å²) in [5.41, 5.74) is 3.09. The Labute approximate surface area is 146 Å². The number of aromatic nitrogens is 3. The van der Waals surface area contributed by atoms with Crippen molar-refractivity contribution in [3.8, 4) is 0 Å². The second-order valence-corrected chi connectivity index (χ2v) is 6.83. The molecule has 1 aliphatic carbocycles. The van der Waals surface area contributed by atoms with Crippen LogP contribution in [-0.4, -0.2) is 20.8 Å². The van der Waals surface area contributed by atoms with Crippen LogP contribution in [0.4, 0.5) is 10.5 Å². The van der Waals surface area contributed by atoms with Crippen molar-refractivity contribution in [2.45, 2.75) is 57.9 Å².